The summed E-state index contributed by atoms with van der Waals surface area (Å²) in [7, 11) is 3.77. The molecule has 4 nitrogen and oxygen atoms in total. The van der Waals surface area contributed by atoms with Crippen LogP contribution in [-0.4, -0.2) is 25.1 Å². The summed E-state index contributed by atoms with van der Waals surface area (Å²) in [5.41, 5.74) is 2.20. The van der Waals surface area contributed by atoms with Crippen molar-refractivity contribution in [3.63, 3.8) is 0 Å². The van der Waals surface area contributed by atoms with Crippen LogP contribution >= 0.6 is 11.6 Å². The topological polar surface area (TPSA) is 52.6 Å². The molecule has 22 heavy (non-hydrogen) atoms. The van der Waals surface area contributed by atoms with Crippen LogP contribution in [0.4, 0.5) is 11.4 Å². The molecule has 0 aliphatic heterocycles. The number of nitrogens with zero attached hydrogens (tertiary/aromatic N) is 1. The zero-order valence-electron chi connectivity index (χ0n) is 12.6. The van der Waals surface area contributed by atoms with E-state index in [9.17, 15) is 9.90 Å². The molecule has 0 fully saturated rings. The van der Waals surface area contributed by atoms with Gasteiger partial charge in [0.1, 0.15) is 0 Å². The number of hydrogen-bond acceptors (Lipinski definition) is 3. The van der Waals surface area contributed by atoms with Crippen molar-refractivity contribution in [3.8, 4) is 0 Å². The quantitative estimate of drug-likeness (QED) is 0.887. The van der Waals surface area contributed by atoms with Crippen molar-refractivity contribution in [1.82, 2.24) is 0 Å². The second-order valence-electron chi connectivity index (χ2n) is 5.23. The number of anilines is 2. The lowest BCUT2D eigenvalue weighted by atomic mass is 10.1. The molecule has 0 bridgehead atoms. The van der Waals surface area contributed by atoms with Crippen LogP contribution in [0.5, 0.6) is 0 Å². The highest BCUT2D eigenvalue weighted by Crippen LogP contribution is 2.28. The van der Waals surface area contributed by atoms with Gasteiger partial charge in [-0.25, -0.2) is 0 Å². The molecule has 2 N–H and O–H groups in total. The SMILES string of the molecule is CN(C)c1ccc(Cl)cc1NC(=O)CC(O)c1ccccc1. The summed E-state index contributed by atoms with van der Waals surface area (Å²) in [6.45, 7) is 0. The first kappa shape index (κ1) is 16.3. The van der Waals surface area contributed by atoms with Crippen molar-refractivity contribution in [2.75, 3.05) is 24.3 Å². The minimum absolute atomic E-state index is 0.0105. The number of halogens is 1. The van der Waals surface area contributed by atoms with E-state index in [-0.39, 0.29) is 12.3 Å². The van der Waals surface area contributed by atoms with E-state index in [0.717, 1.165) is 11.3 Å². The number of aliphatic hydroxyl groups excluding tert-OH is 1. The van der Waals surface area contributed by atoms with Gasteiger partial charge in [-0.15, -0.1) is 0 Å². The van der Waals surface area contributed by atoms with E-state index in [1.165, 1.54) is 0 Å². The Morgan fingerprint density at radius 3 is 2.55 bits per heavy atom. The summed E-state index contributed by atoms with van der Waals surface area (Å²) in [4.78, 5) is 14.0. The standard InChI is InChI=1S/C17H19ClN2O2/c1-20(2)15-9-8-13(18)10-14(15)19-17(22)11-16(21)12-6-4-3-5-7-12/h3-10,16,21H,11H2,1-2H3,(H,19,22). The maximum Gasteiger partial charge on any atom is 0.227 e. The second kappa shape index (κ2) is 7.29. The van der Waals surface area contributed by atoms with Crippen molar-refractivity contribution in [1.29, 1.82) is 0 Å². The summed E-state index contributed by atoms with van der Waals surface area (Å²) in [5.74, 6) is -0.262. The molecule has 1 amide bonds. The summed E-state index contributed by atoms with van der Waals surface area (Å²) in [6, 6.07) is 14.4. The Balaban J connectivity index is 2.08. The molecular formula is C17H19ClN2O2. The number of rotatable bonds is 5. The Morgan fingerprint density at radius 2 is 1.91 bits per heavy atom. The zero-order chi connectivity index (χ0) is 16.1. The number of amides is 1. The van der Waals surface area contributed by atoms with Crippen molar-refractivity contribution >= 4 is 28.9 Å². The number of aliphatic hydroxyl groups is 1. The first-order valence-corrected chi connectivity index (χ1v) is 7.35. The molecule has 2 rings (SSSR count). The molecule has 0 saturated carbocycles. The van der Waals surface area contributed by atoms with Gasteiger partial charge in [-0.3, -0.25) is 4.79 Å². The van der Waals surface area contributed by atoms with Crippen molar-refractivity contribution in [2.24, 2.45) is 0 Å². The number of hydrogen-bond donors (Lipinski definition) is 2. The predicted octanol–water partition coefficient (Wildman–Crippen LogP) is 3.47. The number of carbonyl (C=O) groups excluding carboxylic acids is 1. The van der Waals surface area contributed by atoms with E-state index < -0.39 is 6.10 Å². The third-order valence-electron chi connectivity index (χ3n) is 3.28. The normalized spacial score (nSPS) is 11.8. The zero-order valence-corrected chi connectivity index (χ0v) is 13.3. The minimum Gasteiger partial charge on any atom is -0.388 e. The molecule has 0 saturated heterocycles. The highest BCUT2D eigenvalue weighted by molar-refractivity contribution is 6.31. The summed E-state index contributed by atoms with van der Waals surface area (Å²) < 4.78 is 0. The van der Waals surface area contributed by atoms with E-state index in [1.807, 2.05) is 43.3 Å². The molecule has 0 aliphatic carbocycles. The van der Waals surface area contributed by atoms with E-state index in [1.54, 1.807) is 24.3 Å². The number of benzene rings is 2. The van der Waals surface area contributed by atoms with Gasteiger partial charge in [-0.05, 0) is 23.8 Å². The molecule has 0 aliphatic rings. The lowest BCUT2D eigenvalue weighted by Gasteiger charge is -2.19. The molecular weight excluding hydrogens is 300 g/mol. The molecule has 0 spiro atoms. The van der Waals surface area contributed by atoms with Gasteiger partial charge in [-0.2, -0.15) is 0 Å². The highest BCUT2D eigenvalue weighted by atomic mass is 35.5. The molecule has 0 radical (unpaired) electrons. The van der Waals surface area contributed by atoms with Gasteiger partial charge >= 0.3 is 0 Å². The van der Waals surface area contributed by atoms with E-state index in [4.69, 9.17) is 11.6 Å². The largest absolute Gasteiger partial charge is 0.388 e. The molecule has 5 heteroatoms. The van der Waals surface area contributed by atoms with Crippen LogP contribution in [0.2, 0.25) is 5.02 Å². The molecule has 2 aromatic rings. The van der Waals surface area contributed by atoms with Crippen LogP contribution in [-0.2, 0) is 4.79 Å². The predicted molar refractivity (Wildman–Crippen MR) is 90.4 cm³/mol. The maximum atomic E-state index is 12.1. The average Bonchev–Trinajstić information content (AvgIpc) is 2.47. The van der Waals surface area contributed by atoms with Gasteiger partial charge in [0.05, 0.1) is 23.9 Å². The van der Waals surface area contributed by atoms with Crippen LogP contribution < -0.4 is 10.2 Å². The Labute approximate surface area is 135 Å². The monoisotopic (exact) mass is 318 g/mol. The summed E-state index contributed by atoms with van der Waals surface area (Å²) in [5, 5.41) is 13.5. The maximum absolute atomic E-state index is 12.1. The minimum atomic E-state index is -0.830. The molecule has 0 heterocycles. The third-order valence-corrected chi connectivity index (χ3v) is 3.51. The second-order valence-corrected chi connectivity index (χ2v) is 5.67. The fraction of sp³-hybridized carbons (Fsp3) is 0.235. The van der Waals surface area contributed by atoms with Gasteiger partial charge < -0.3 is 15.3 Å². The molecule has 1 unspecified atom stereocenters. The Kier molecular flexibility index (Phi) is 5.41. The Morgan fingerprint density at radius 1 is 1.23 bits per heavy atom. The Bertz CT molecular complexity index is 644. The van der Waals surface area contributed by atoms with E-state index in [2.05, 4.69) is 5.32 Å². The smallest absolute Gasteiger partial charge is 0.227 e. The van der Waals surface area contributed by atoms with Crippen molar-refractivity contribution in [3.05, 3.63) is 59.1 Å². The number of carbonyl (C=O) groups is 1. The van der Waals surface area contributed by atoms with Crippen molar-refractivity contribution < 1.29 is 9.90 Å². The highest BCUT2D eigenvalue weighted by Gasteiger charge is 2.15. The first-order chi connectivity index (χ1) is 10.5. The molecule has 0 aromatic heterocycles. The van der Waals surface area contributed by atoms with Crippen LogP contribution in [0.3, 0.4) is 0 Å². The van der Waals surface area contributed by atoms with Crippen LogP contribution in [0, 0.1) is 0 Å². The lowest BCUT2D eigenvalue weighted by molar-refractivity contribution is -0.118. The van der Waals surface area contributed by atoms with Gasteiger partial charge in [0, 0.05) is 19.1 Å². The van der Waals surface area contributed by atoms with Gasteiger partial charge in [-0.1, -0.05) is 41.9 Å². The number of nitrogens with one attached hydrogen (secondary N) is 1. The molecule has 1 atom stereocenters. The third kappa shape index (κ3) is 4.23. The van der Waals surface area contributed by atoms with E-state index in [0.29, 0.717) is 10.7 Å². The van der Waals surface area contributed by atoms with Gasteiger partial charge in [0.15, 0.2) is 0 Å². The van der Waals surface area contributed by atoms with Crippen LogP contribution in [0.25, 0.3) is 0 Å². The van der Waals surface area contributed by atoms with Gasteiger partial charge in [0.25, 0.3) is 0 Å². The average molecular weight is 319 g/mol. The molecule has 116 valence electrons. The van der Waals surface area contributed by atoms with Gasteiger partial charge in [0.2, 0.25) is 5.91 Å². The molecule has 2 aromatic carbocycles. The first-order valence-electron chi connectivity index (χ1n) is 6.97. The summed E-state index contributed by atoms with van der Waals surface area (Å²) in [6.07, 6.45) is -0.841. The fourth-order valence-corrected chi connectivity index (χ4v) is 2.34. The van der Waals surface area contributed by atoms with Crippen LogP contribution in [0.1, 0.15) is 18.1 Å². The van der Waals surface area contributed by atoms with Crippen molar-refractivity contribution in [2.45, 2.75) is 12.5 Å². The van der Waals surface area contributed by atoms with Crippen LogP contribution in [0.15, 0.2) is 48.5 Å². The Hall–Kier alpha value is -2.04. The van der Waals surface area contributed by atoms with E-state index >= 15 is 0 Å². The lowest BCUT2D eigenvalue weighted by Crippen LogP contribution is -2.18. The summed E-state index contributed by atoms with van der Waals surface area (Å²) >= 11 is 5.99. The fourth-order valence-electron chi connectivity index (χ4n) is 2.17.